The van der Waals surface area contributed by atoms with Crippen LogP contribution in [0.25, 0.3) is 0 Å². The van der Waals surface area contributed by atoms with E-state index in [1.807, 2.05) is 0 Å². The first-order valence-corrected chi connectivity index (χ1v) is 3.53. The Bertz CT molecular complexity index is 332. The summed E-state index contributed by atoms with van der Waals surface area (Å²) in [5.74, 6) is -1.66. The molecule has 2 nitrogen and oxygen atoms in total. The number of halogens is 1. The van der Waals surface area contributed by atoms with Gasteiger partial charge >= 0.3 is 0 Å². The fraction of sp³-hybridized carbons (Fsp3) is 0.222. The number of ketones is 1. The molecule has 1 N–H and O–H groups in total. The third-order valence-corrected chi connectivity index (χ3v) is 1.70. The van der Waals surface area contributed by atoms with Crippen LogP contribution in [0.1, 0.15) is 22.8 Å². The Morgan fingerprint density at radius 1 is 1.50 bits per heavy atom. The van der Waals surface area contributed by atoms with Crippen LogP contribution < -0.4 is 0 Å². The van der Waals surface area contributed by atoms with Crippen molar-refractivity contribution in [3.63, 3.8) is 0 Å². The Balaban J connectivity index is 3.36. The Labute approximate surface area is 69.6 Å². The summed E-state index contributed by atoms with van der Waals surface area (Å²) in [5.41, 5.74) is 0.357. The summed E-state index contributed by atoms with van der Waals surface area (Å²) in [5, 5.41) is 9.11. The van der Waals surface area contributed by atoms with Crippen molar-refractivity contribution in [2.45, 2.75) is 13.8 Å². The summed E-state index contributed by atoms with van der Waals surface area (Å²) in [6, 6.07) is 2.88. The van der Waals surface area contributed by atoms with Crippen LogP contribution in [-0.2, 0) is 0 Å². The van der Waals surface area contributed by atoms with Gasteiger partial charge in [-0.25, -0.2) is 4.39 Å². The molecule has 0 aliphatic heterocycles. The number of aromatic hydroxyl groups is 1. The Hall–Kier alpha value is -1.38. The topological polar surface area (TPSA) is 37.3 Å². The lowest BCUT2D eigenvalue weighted by Crippen LogP contribution is -1.97. The quantitative estimate of drug-likeness (QED) is 0.651. The summed E-state index contributed by atoms with van der Waals surface area (Å²) in [6.07, 6.45) is 0. The standard InChI is InChI=1S/C9H9FO2/c1-5-3-4-7(6(2)11)8(10)9(5)12/h3-4,12H,1-2H3. The summed E-state index contributed by atoms with van der Waals surface area (Å²) in [4.78, 5) is 10.8. The normalized spacial score (nSPS) is 9.92. The van der Waals surface area contributed by atoms with E-state index >= 15 is 0 Å². The van der Waals surface area contributed by atoms with Gasteiger partial charge < -0.3 is 5.11 Å². The molecule has 0 aliphatic rings. The van der Waals surface area contributed by atoms with Crippen LogP contribution in [0.2, 0.25) is 0 Å². The highest BCUT2D eigenvalue weighted by Gasteiger charge is 2.12. The van der Waals surface area contributed by atoms with Crippen LogP contribution in [-0.4, -0.2) is 10.9 Å². The van der Waals surface area contributed by atoms with Crippen molar-refractivity contribution in [2.75, 3.05) is 0 Å². The number of phenolic OH excluding ortho intramolecular Hbond substituents is 1. The zero-order valence-corrected chi connectivity index (χ0v) is 6.89. The SMILES string of the molecule is CC(=O)c1ccc(C)c(O)c1F. The molecular weight excluding hydrogens is 159 g/mol. The van der Waals surface area contributed by atoms with E-state index in [9.17, 15) is 9.18 Å². The zero-order chi connectivity index (χ0) is 9.30. The Kier molecular flexibility index (Phi) is 2.13. The number of Topliss-reactive ketones (excluding diaryl/α,β-unsaturated/α-hetero) is 1. The van der Waals surface area contributed by atoms with Gasteiger partial charge in [-0.05, 0) is 25.5 Å². The second-order valence-corrected chi connectivity index (χ2v) is 2.65. The second-order valence-electron chi connectivity index (χ2n) is 2.65. The van der Waals surface area contributed by atoms with Crippen LogP contribution in [0.15, 0.2) is 12.1 Å². The van der Waals surface area contributed by atoms with Crippen molar-refractivity contribution in [2.24, 2.45) is 0 Å². The van der Waals surface area contributed by atoms with Crippen LogP contribution in [0.5, 0.6) is 5.75 Å². The molecule has 0 aliphatic carbocycles. The number of phenols is 1. The van der Waals surface area contributed by atoms with Gasteiger partial charge in [-0.2, -0.15) is 0 Å². The molecule has 0 heterocycles. The second kappa shape index (κ2) is 2.93. The third kappa shape index (κ3) is 1.30. The average Bonchev–Trinajstić information content (AvgIpc) is 2.00. The van der Waals surface area contributed by atoms with E-state index in [2.05, 4.69) is 0 Å². The van der Waals surface area contributed by atoms with E-state index in [4.69, 9.17) is 5.11 Å². The molecule has 64 valence electrons. The number of carbonyl (C=O) groups excluding carboxylic acids is 1. The molecule has 1 aromatic rings. The highest BCUT2D eigenvalue weighted by atomic mass is 19.1. The molecule has 12 heavy (non-hydrogen) atoms. The van der Waals surface area contributed by atoms with Gasteiger partial charge in [-0.3, -0.25) is 4.79 Å². The molecule has 0 bridgehead atoms. The maximum atomic E-state index is 13.0. The van der Waals surface area contributed by atoms with Crippen molar-refractivity contribution in [3.05, 3.63) is 29.1 Å². The lowest BCUT2D eigenvalue weighted by Gasteiger charge is -2.02. The van der Waals surface area contributed by atoms with Gasteiger partial charge in [0.1, 0.15) is 0 Å². The molecule has 1 aromatic carbocycles. The van der Waals surface area contributed by atoms with Gasteiger partial charge in [0.2, 0.25) is 0 Å². The summed E-state index contributed by atoms with van der Waals surface area (Å²) < 4.78 is 13.0. The molecule has 1 rings (SSSR count). The molecule has 0 unspecified atom stereocenters. The number of rotatable bonds is 1. The molecule has 0 radical (unpaired) electrons. The minimum atomic E-state index is -0.831. The number of aryl methyl sites for hydroxylation is 1. The predicted molar refractivity (Wildman–Crippen MR) is 42.8 cm³/mol. The van der Waals surface area contributed by atoms with Gasteiger partial charge in [-0.1, -0.05) is 6.07 Å². The van der Waals surface area contributed by atoms with E-state index in [-0.39, 0.29) is 11.3 Å². The van der Waals surface area contributed by atoms with Gasteiger partial charge in [-0.15, -0.1) is 0 Å². The fourth-order valence-electron chi connectivity index (χ4n) is 0.933. The smallest absolute Gasteiger partial charge is 0.175 e. The largest absolute Gasteiger partial charge is 0.505 e. The average molecular weight is 168 g/mol. The molecule has 0 saturated heterocycles. The minimum absolute atomic E-state index is 0.0712. The molecule has 0 saturated carbocycles. The summed E-state index contributed by atoms with van der Waals surface area (Å²) >= 11 is 0. The van der Waals surface area contributed by atoms with Crippen molar-refractivity contribution < 1.29 is 14.3 Å². The zero-order valence-electron chi connectivity index (χ0n) is 6.89. The molecule has 0 fully saturated rings. The first-order valence-electron chi connectivity index (χ1n) is 3.53. The maximum Gasteiger partial charge on any atom is 0.175 e. The van der Waals surface area contributed by atoms with Crippen molar-refractivity contribution >= 4 is 5.78 Å². The summed E-state index contributed by atoms with van der Waals surface area (Å²) in [7, 11) is 0. The van der Waals surface area contributed by atoms with Crippen LogP contribution in [0, 0.1) is 12.7 Å². The number of carbonyl (C=O) groups is 1. The molecule has 0 atom stereocenters. The summed E-state index contributed by atoms with van der Waals surface area (Å²) in [6.45, 7) is 2.83. The Morgan fingerprint density at radius 3 is 2.58 bits per heavy atom. The minimum Gasteiger partial charge on any atom is -0.505 e. The van der Waals surface area contributed by atoms with Gasteiger partial charge in [0.05, 0.1) is 5.56 Å². The van der Waals surface area contributed by atoms with E-state index < -0.39 is 11.6 Å². The molecule has 0 amide bonds. The third-order valence-electron chi connectivity index (χ3n) is 1.70. The molecular formula is C9H9FO2. The molecule has 0 spiro atoms. The molecule has 3 heteroatoms. The van der Waals surface area contributed by atoms with Crippen LogP contribution >= 0.6 is 0 Å². The lowest BCUT2D eigenvalue weighted by atomic mass is 10.1. The van der Waals surface area contributed by atoms with E-state index in [0.717, 1.165) is 0 Å². The van der Waals surface area contributed by atoms with Crippen molar-refractivity contribution in [1.82, 2.24) is 0 Å². The number of hydrogen-bond donors (Lipinski definition) is 1. The first-order chi connectivity index (χ1) is 5.54. The predicted octanol–water partition coefficient (Wildman–Crippen LogP) is 2.04. The van der Waals surface area contributed by atoms with Crippen molar-refractivity contribution in [1.29, 1.82) is 0 Å². The number of benzene rings is 1. The van der Waals surface area contributed by atoms with E-state index in [1.54, 1.807) is 6.92 Å². The van der Waals surface area contributed by atoms with Gasteiger partial charge in [0, 0.05) is 0 Å². The van der Waals surface area contributed by atoms with Crippen LogP contribution in [0.4, 0.5) is 4.39 Å². The Morgan fingerprint density at radius 2 is 2.08 bits per heavy atom. The first kappa shape index (κ1) is 8.71. The molecule has 0 aromatic heterocycles. The van der Waals surface area contributed by atoms with E-state index in [0.29, 0.717) is 5.56 Å². The number of hydrogen-bond acceptors (Lipinski definition) is 2. The maximum absolute atomic E-state index is 13.0. The van der Waals surface area contributed by atoms with Crippen molar-refractivity contribution in [3.8, 4) is 5.75 Å². The lowest BCUT2D eigenvalue weighted by molar-refractivity contribution is 0.101. The highest BCUT2D eigenvalue weighted by molar-refractivity contribution is 5.94. The van der Waals surface area contributed by atoms with Crippen LogP contribution in [0.3, 0.4) is 0 Å². The highest BCUT2D eigenvalue weighted by Crippen LogP contribution is 2.23. The van der Waals surface area contributed by atoms with Gasteiger partial charge in [0.15, 0.2) is 17.3 Å². The van der Waals surface area contributed by atoms with Gasteiger partial charge in [0.25, 0.3) is 0 Å². The fourth-order valence-corrected chi connectivity index (χ4v) is 0.933. The van der Waals surface area contributed by atoms with E-state index in [1.165, 1.54) is 19.1 Å². The monoisotopic (exact) mass is 168 g/mol.